The molecule has 1 aliphatic carbocycles. The van der Waals surface area contributed by atoms with Crippen LogP contribution in [0.5, 0.6) is 0 Å². The average molecular weight is 385 g/mol. The van der Waals surface area contributed by atoms with Crippen molar-refractivity contribution in [1.29, 1.82) is 0 Å². The Morgan fingerprint density at radius 1 is 1.04 bits per heavy atom. The molecule has 0 heterocycles. The second-order valence-electron chi connectivity index (χ2n) is 6.33. The molecule has 1 saturated carbocycles. The number of rotatable bonds is 7. The molecule has 0 aliphatic heterocycles. The van der Waals surface area contributed by atoms with Gasteiger partial charge in [-0.1, -0.05) is 19.3 Å². The van der Waals surface area contributed by atoms with Gasteiger partial charge in [-0.2, -0.15) is 0 Å². The summed E-state index contributed by atoms with van der Waals surface area (Å²) in [5.74, 6) is -1.12. The molecule has 0 radical (unpaired) electrons. The Morgan fingerprint density at radius 3 is 2.35 bits per heavy atom. The fraction of sp³-hybridized carbons (Fsp3) is 0.529. The first-order chi connectivity index (χ1) is 12.4. The van der Waals surface area contributed by atoms with E-state index in [1.54, 1.807) is 0 Å². The molecule has 1 fully saturated rings. The number of amides is 2. The zero-order valence-electron chi connectivity index (χ0n) is 14.5. The van der Waals surface area contributed by atoms with Gasteiger partial charge in [-0.05, 0) is 43.5 Å². The molecule has 0 bridgehead atoms. The van der Waals surface area contributed by atoms with Crippen LogP contribution in [0.15, 0.2) is 29.2 Å². The summed E-state index contributed by atoms with van der Waals surface area (Å²) in [6.45, 7) is 0.0592. The summed E-state index contributed by atoms with van der Waals surface area (Å²) in [5, 5.41) is 0. The zero-order valence-corrected chi connectivity index (χ0v) is 15.3. The standard InChI is InChI=1S/C17H24FN3O4S/c18-14-8-10-15(11-9-14)26(24,25)19-12-4-7-16(22)20-21-17(23)13-5-2-1-3-6-13/h8-11,13,19H,1-7,12H2,(H,20,22)(H,21,23). The predicted molar refractivity (Wildman–Crippen MR) is 93.7 cm³/mol. The average Bonchev–Trinajstić information content (AvgIpc) is 2.64. The molecule has 1 aromatic carbocycles. The van der Waals surface area contributed by atoms with E-state index >= 15 is 0 Å². The fourth-order valence-corrected chi connectivity index (χ4v) is 3.89. The number of hydrogen-bond acceptors (Lipinski definition) is 4. The number of carbonyl (C=O) groups is 2. The van der Waals surface area contributed by atoms with Gasteiger partial charge >= 0.3 is 0 Å². The highest BCUT2D eigenvalue weighted by atomic mass is 32.2. The van der Waals surface area contributed by atoms with Crippen LogP contribution in [-0.4, -0.2) is 26.8 Å². The van der Waals surface area contributed by atoms with E-state index in [4.69, 9.17) is 0 Å². The normalized spacial score (nSPS) is 15.4. The first kappa shape index (κ1) is 20.3. The Bertz CT molecular complexity index is 716. The van der Waals surface area contributed by atoms with Gasteiger partial charge in [0, 0.05) is 18.9 Å². The van der Waals surface area contributed by atoms with Gasteiger partial charge < -0.3 is 0 Å². The first-order valence-electron chi connectivity index (χ1n) is 8.72. The van der Waals surface area contributed by atoms with Crippen LogP contribution in [0, 0.1) is 11.7 Å². The van der Waals surface area contributed by atoms with Gasteiger partial charge in [0.1, 0.15) is 5.82 Å². The minimum atomic E-state index is -3.73. The summed E-state index contributed by atoms with van der Waals surface area (Å²) in [7, 11) is -3.73. The van der Waals surface area contributed by atoms with E-state index in [1.165, 1.54) is 12.1 Å². The molecule has 9 heteroatoms. The van der Waals surface area contributed by atoms with Crippen LogP contribution in [0.2, 0.25) is 0 Å². The highest BCUT2D eigenvalue weighted by Crippen LogP contribution is 2.23. The van der Waals surface area contributed by atoms with Crippen molar-refractivity contribution in [2.45, 2.75) is 49.8 Å². The van der Waals surface area contributed by atoms with Crippen molar-refractivity contribution < 1.29 is 22.4 Å². The molecule has 1 aliphatic rings. The van der Waals surface area contributed by atoms with E-state index < -0.39 is 15.8 Å². The molecule has 2 rings (SSSR count). The van der Waals surface area contributed by atoms with E-state index in [2.05, 4.69) is 15.6 Å². The number of sulfonamides is 1. The quantitative estimate of drug-likeness (QED) is 0.490. The van der Waals surface area contributed by atoms with Gasteiger partial charge in [0.05, 0.1) is 4.90 Å². The van der Waals surface area contributed by atoms with Crippen LogP contribution in [0.25, 0.3) is 0 Å². The second kappa shape index (κ2) is 9.63. The van der Waals surface area contributed by atoms with Gasteiger partial charge in [-0.15, -0.1) is 0 Å². The van der Waals surface area contributed by atoms with Crippen molar-refractivity contribution in [3.05, 3.63) is 30.1 Å². The number of carbonyl (C=O) groups excluding carboxylic acids is 2. The summed E-state index contributed by atoms with van der Waals surface area (Å²) in [4.78, 5) is 23.6. The Hall–Kier alpha value is -2.00. The molecule has 3 N–H and O–H groups in total. The summed E-state index contributed by atoms with van der Waals surface area (Å²) in [6.07, 6.45) is 5.21. The summed E-state index contributed by atoms with van der Waals surface area (Å²) in [6, 6.07) is 4.48. The second-order valence-corrected chi connectivity index (χ2v) is 8.09. The number of halogens is 1. The number of nitrogens with one attached hydrogen (secondary N) is 3. The number of benzene rings is 1. The van der Waals surface area contributed by atoms with Crippen molar-refractivity contribution in [3.63, 3.8) is 0 Å². The molecule has 0 unspecified atom stereocenters. The molecule has 0 saturated heterocycles. The van der Waals surface area contributed by atoms with Gasteiger partial charge in [0.2, 0.25) is 21.8 Å². The highest BCUT2D eigenvalue weighted by molar-refractivity contribution is 7.89. The van der Waals surface area contributed by atoms with E-state index in [1.807, 2.05) is 0 Å². The number of hydrogen-bond donors (Lipinski definition) is 3. The van der Waals surface area contributed by atoms with Crippen molar-refractivity contribution in [2.24, 2.45) is 5.92 Å². The maximum absolute atomic E-state index is 12.8. The van der Waals surface area contributed by atoms with Gasteiger partial charge in [0.25, 0.3) is 0 Å². The molecular weight excluding hydrogens is 361 g/mol. The van der Waals surface area contributed by atoms with Crippen LogP contribution in [-0.2, 0) is 19.6 Å². The maximum Gasteiger partial charge on any atom is 0.241 e. The summed E-state index contributed by atoms with van der Waals surface area (Å²) in [5.41, 5.74) is 4.79. The lowest BCUT2D eigenvalue weighted by Gasteiger charge is -2.20. The number of hydrazine groups is 1. The smallest absolute Gasteiger partial charge is 0.241 e. The SMILES string of the molecule is O=C(CCCNS(=O)(=O)c1ccc(F)cc1)NNC(=O)C1CCCCC1. The predicted octanol–water partition coefficient (Wildman–Crippen LogP) is 1.61. The molecule has 144 valence electrons. The Kier molecular flexibility index (Phi) is 7.52. The third-order valence-corrected chi connectivity index (χ3v) is 5.77. The topological polar surface area (TPSA) is 104 Å². The summed E-state index contributed by atoms with van der Waals surface area (Å²) >= 11 is 0. The molecule has 0 spiro atoms. The molecule has 7 nitrogen and oxygen atoms in total. The van der Waals surface area contributed by atoms with E-state index in [-0.39, 0.29) is 42.0 Å². The molecule has 0 atom stereocenters. The van der Waals surface area contributed by atoms with E-state index in [9.17, 15) is 22.4 Å². The molecule has 1 aromatic rings. The largest absolute Gasteiger partial charge is 0.273 e. The highest BCUT2D eigenvalue weighted by Gasteiger charge is 2.21. The van der Waals surface area contributed by atoms with Crippen LogP contribution in [0.4, 0.5) is 4.39 Å². The lowest BCUT2D eigenvalue weighted by Crippen LogP contribution is -2.45. The third-order valence-electron chi connectivity index (χ3n) is 4.30. The fourth-order valence-electron chi connectivity index (χ4n) is 2.81. The Morgan fingerprint density at radius 2 is 1.69 bits per heavy atom. The van der Waals surface area contributed by atoms with Crippen LogP contribution >= 0.6 is 0 Å². The summed E-state index contributed by atoms with van der Waals surface area (Å²) < 4.78 is 39.2. The molecule has 26 heavy (non-hydrogen) atoms. The third kappa shape index (κ3) is 6.38. The van der Waals surface area contributed by atoms with Crippen LogP contribution < -0.4 is 15.6 Å². The van der Waals surface area contributed by atoms with E-state index in [0.29, 0.717) is 0 Å². The van der Waals surface area contributed by atoms with Crippen molar-refractivity contribution in [3.8, 4) is 0 Å². The lowest BCUT2D eigenvalue weighted by atomic mass is 9.89. The van der Waals surface area contributed by atoms with Crippen molar-refractivity contribution >= 4 is 21.8 Å². The van der Waals surface area contributed by atoms with Crippen molar-refractivity contribution in [1.82, 2.24) is 15.6 Å². The Balaban J connectivity index is 1.65. The Labute approximate surface area is 152 Å². The molecule has 2 amide bonds. The van der Waals surface area contributed by atoms with Gasteiger partial charge in [-0.3, -0.25) is 20.4 Å². The van der Waals surface area contributed by atoms with Gasteiger partial charge in [-0.25, -0.2) is 17.5 Å². The minimum absolute atomic E-state index is 0.0388. The lowest BCUT2D eigenvalue weighted by molar-refractivity contribution is -0.131. The van der Waals surface area contributed by atoms with Crippen LogP contribution in [0.3, 0.4) is 0 Å². The van der Waals surface area contributed by atoms with E-state index in [0.717, 1.165) is 44.2 Å². The monoisotopic (exact) mass is 385 g/mol. The van der Waals surface area contributed by atoms with Gasteiger partial charge in [0.15, 0.2) is 0 Å². The molecular formula is C17H24FN3O4S. The zero-order chi connectivity index (χ0) is 19.0. The molecule has 0 aromatic heterocycles. The van der Waals surface area contributed by atoms with Crippen LogP contribution in [0.1, 0.15) is 44.9 Å². The minimum Gasteiger partial charge on any atom is -0.273 e. The maximum atomic E-state index is 12.8. The first-order valence-corrected chi connectivity index (χ1v) is 10.2. The van der Waals surface area contributed by atoms with Crippen molar-refractivity contribution in [2.75, 3.05) is 6.54 Å².